The molecule has 21 heavy (non-hydrogen) atoms. The van der Waals surface area contributed by atoms with Crippen LogP contribution in [0.4, 0.5) is 4.39 Å². The second-order valence-electron chi connectivity index (χ2n) is 4.93. The second-order valence-corrected chi connectivity index (χ2v) is 7.86. The van der Waals surface area contributed by atoms with Crippen LogP contribution in [0.15, 0.2) is 12.1 Å². The molecule has 0 amide bonds. The molecule has 1 atom stereocenters. The van der Waals surface area contributed by atoms with Gasteiger partial charge in [0.15, 0.2) is 0 Å². The summed E-state index contributed by atoms with van der Waals surface area (Å²) >= 11 is 9.83. The predicted octanol–water partition coefficient (Wildman–Crippen LogP) is 5.27. The van der Waals surface area contributed by atoms with Gasteiger partial charge in [0, 0.05) is 24.4 Å². The summed E-state index contributed by atoms with van der Waals surface area (Å²) in [5.41, 5.74) is 1.73. The third-order valence-electron chi connectivity index (χ3n) is 3.45. The summed E-state index contributed by atoms with van der Waals surface area (Å²) in [6.45, 7) is 4.34. The van der Waals surface area contributed by atoms with Gasteiger partial charge in [0.05, 0.1) is 14.6 Å². The molecule has 0 aliphatic rings. The average Bonchev–Trinajstić information content (AvgIpc) is 2.77. The molecule has 0 saturated carbocycles. The van der Waals surface area contributed by atoms with Crippen molar-refractivity contribution in [3.8, 4) is 0 Å². The lowest BCUT2D eigenvalue weighted by Gasteiger charge is -2.17. The van der Waals surface area contributed by atoms with Crippen molar-refractivity contribution in [2.24, 2.45) is 0 Å². The normalized spacial score (nSPS) is 13.0. The highest BCUT2D eigenvalue weighted by Crippen LogP contribution is 2.27. The molecule has 2 aromatic rings. The van der Waals surface area contributed by atoms with Gasteiger partial charge in [0.1, 0.15) is 11.6 Å². The highest BCUT2D eigenvalue weighted by atomic mass is 127. The molecule has 1 heterocycles. The molecule has 2 nitrogen and oxygen atoms in total. The van der Waals surface area contributed by atoms with E-state index in [1.54, 1.807) is 6.07 Å². The number of fused-ring (bicyclic) bond motifs is 1. The molecular weight excluding hydrogens is 422 g/mol. The van der Waals surface area contributed by atoms with Gasteiger partial charge in [0.2, 0.25) is 0 Å². The molecule has 0 aliphatic carbocycles. The fourth-order valence-corrected chi connectivity index (χ4v) is 3.84. The number of imidazole rings is 1. The summed E-state index contributed by atoms with van der Waals surface area (Å²) < 4.78 is 16.7. The van der Waals surface area contributed by atoms with Gasteiger partial charge in [0.25, 0.3) is 0 Å². The molecule has 0 saturated heterocycles. The summed E-state index contributed by atoms with van der Waals surface area (Å²) in [4.78, 5) is 4.65. The van der Waals surface area contributed by atoms with Crippen LogP contribution in [0.5, 0.6) is 0 Å². The van der Waals surface area contributed by atoms with E-state index in [2.05, 4.69) is 23.4 Å². The number of halogens is 3. The van der Waals surface area contributed by atoms with Crippen molar-refractivity contribution in [1.82, 2.24) is 9.55 Å². The number of alkyl halides is 1. The monoisotopic (exact) mass is 440 g/mol. The van der Waals surface area contributed by atoms with Gasteiger partial charge in [-0.25, -0.2) is 9.37 Å². The first-order valence-corrected chi connectivity index (χ1v) is 9.84. The third-order valence-corrected chi connectivity index (χ3v) is 5.40. The van der Waals surface area contributed by atoms with E-state index in [0.717, 1.165) is 34.8 Å². The van der Waals surface area contributed by atoms with Crippen LogP contribution >= 0.6 is 46.0 Å². The Labute approximate surface area is 148 Å². The van der Waals surface area contributed by atoms with Gasteiger partial charge >= 0.3 is 0 Å². The zero-order valence-electron chi connectivity index (χ0n) is 12.2. The first-order chi connectivity index (χ1) is 10.1. The quantitative estimate of drug-likeness (QED) is 0.332. The minimum Gasteiger partial charge on any atom is -0.325 e. The third kappa shape index (κ3) is 4.05. The highest BCUT2D eigenvalue weighted by molar-refractivity contribution is 14.1. The first kappa shape index (κ1) is 17.3. The summed E-state index contributed by atoms with van der Waals surface area (Å²) in [6, 6.07) is 3.71. The number of hydrogen-bond acceptors (Lipinski definition) is 2. The van der Waals surface area contributed by atoms with Gasteiger partial charge in [-0.2, -0.15) is 11.8 Å². The van der Waals surface area contributed by atoms with Crippen molar-refractivity contribution in [2.45, 2.75) is 32.7 Å². The molecule has 0 bridgehead atoms. The van der Waals surface area contributed by atoms with E-state index in [4.69, 9.17) is 11.6 Å². The molecule has 6 heteroatoms. The van der Waals surface area contributed by atoms with Gasteiger partial charge in [-0.05, 0) is 53.5 Å². The number of nitrogens with zero attached hydrogens (tertiary/aromatic N) is 2. The van der Waals surface area contributed by atoms with Crippen molar-refractivity contribution in [2.75, 3.05) is 17.4 Å². The maximum Gasteiger partial charge on any atom is 0.138 e. The van der Waals surface area contributed by atoms with Crippen molar-refractivity contribution < 1.29 is 4.39 Å². The molecule has 0 N–H and O–H groups in total. The minimum atomic E-state index is -0.184. The Bertz CT molecular complexity index is 617. The lowest BCUT2D eigenvalue weighted by Crippen LogP contribution is -2.11. The van der Waals surface area contributed by atoms with Crippen LogP contribution in [-0.4, -0.2) is 26.9 Å². The zero-order chi connectivity index (χ0) is 15.4. The second kappa shape index (κ2) is 8.02. The zero-order valence-corrected chi connectivity index (χ0v) is 15.9. The maximum atomic E-state index is 13.9. The van der Waals surface area contributed by atoms with E-state index in [9.17, 15) is 4.39 Å². The minimum absolute atomic E-state index is 0.184. The number of hydrogen-bond donors (Lipinski definition) is 0. The molecule has 2 rings (SSSR count). The van der Waals surface area contributed by atoms with Gasteiger partial charge < -0.3 is 4.57 Å². The summed E-state index contributed by atoms with van der Waals surface area (Å²) in [6.07, 6.45) is 1.76. The van der Waals surface area contributed by atoms with E-state index < -0.39 is 0 Å². The molecule has 0 spiro atoms. The van der Waals surface area contributed by atoms with E-state index in [0.29, 0.717) is 21.9 Å². The lowest BCUT2D eigenvalue weighted by molar-refractivity contribution is 0.527. The van der Waals surface area contributed by atoms with E-state index >= 15 is 0 Å². The number of thioether (sulfide) groups is 1. The Morgan fingerprint density at radius 2 is 2.24 bits per heavy atom. The van der Waals surface area contributed by atoms with Gasteiger partial charge in [-0.3, -0.25) is 0 Å². The van der Waals surface area contributed by atoms with Gasteiger partial charge in [-0.1, -0.05) is 6.92 Å². The molecule has 1 aromatic heterocycles. The molecule has 116 valence electrons. The SMILES string of the molecule is CCSCCC(C)n1c(CCCl)nc2cc(I)c(F)cc21. The molecule has 1 aromatic carbocycles. The van der Waals surface area contributed by atoms with Crippen LogP contribution in [0, 0.1) is 9.39 Å². The molecule has 0 fully saturated rings. The van der Waals surface area contributed by atoms with Crippen LogP contribution in [0.25, 0.3) is 11.0 Å². The predicted molar refractivity (Wildman–Crippen MR) is 99.2 cm³/mol. The topological polar surface area (TPSA) is 17.8 Å². The van der Waals surface area contributed by atoms with Crippen LogP contribution in [-0.2, 0) is 6.42 Å². The van der Waals surface area contributed by atoms with Gasteiger partial charge in [-0.15, -0.1) is 11.6 Å². The van der Waals surface area contributed by atoms with Crippen molar-refractivity contribution >= 4 is 57.0 Å². The van der Waals surface area contributed by atoms with Crippen LogP contribution in [0.2, 0.25) is 0 Å². The van der Waals surface area contributed by atoms with Crippen LogP contribution in [0.3, 0.4) is 0 Å². The highest BCUT2D eigenvalue weighted by Gasteiger charge is 2.17. The molecule has 0 aliphatic heterocycles. The largest absolute Gasteiger partial charge is 0.325 e. The number of rotatable bonds is 7. The van der Waals surface area contributed by atoms with Crippen molar-refractivity contribution in [3.05, 3.63) is 27.3 Å². The van der Waals surface area contributed by atoms with E-state index in [1.165, 1.54) is 0 Å². The Morgan fingerprint density at radius 3 is 2.90 bits per heavy atom. The summed E-state index contributed by atoms with van der Waals surface area (Å²) in [7, 11) is 0. The number of aromatic nitrogens is 2. The van der Waals surface area contributed by atoms with Crippen LogP contribution < -0.4 is 0 Å². The van der Waals surface area contributed by atoms with Crippen LogP contribution in [0.1, 0.15) is 32.1 Å². The summed E-state index contributed by atoms with van der Waals surface area (Å²) in [5, 5.41) is 0. The Morgan fingerprint density at radius 1 is 1.48 bits per heavy atom. The molecular formula is C15H19ClFIN2S. The van der Waals surface area contributed by atoms with E-state index in [1.807, 2.05) is 40.4 Å². The first-order valence-electron chi connectivity index (χ1n) is 7.08. The average molecular weight is 441 g/mol. The number of aryl methyl sites for hydroxylation is 1. The molecule has 1 unspecified atom stereocenters. The van der Waals surface area contributed by atoms with E-state index in [-0.39, 0.29) is 5.82 Å². The standard InChI is InChI=1S/C15H19ClFIN2S/c1-3-21-7-5-10(2)20-14-8-11(17)12(18)9-13(14)19-15(20)4-6-16/h8-10H,3-7H2,1-2H3. The Balaban J connectivity index is 2.42. The Hall–Kier alpha value is -0.0100. The molecule has 0 radical (unpaired) electrons. The maximum absolute atomic E-state index is 13.9. The van der Waals surface area contributed by atoms with Crippen molar-refractivity contribution in [1.29, 1.82) is 0 Å². The number of benzene rings is 1. The lowest BCUT2D eigenvalue weighted by atomic mass is 10.2. The Kier molecular flexibility index (Phi) is 6.62. The smallest absolute Gasteiger partial charge is 0.138 e. The fraction of sp³-hybridized carbons (Fsp3) is 0.533. The summed E-state index contributed by atoms with van der Waals surface area (Å²) in [5.74, 6) is 3.52. The fourth-order valence-electron chi connectivity index (χ4n) is 2.42. The van der Waals surface area contributed by atoms with Crippen molar-refractivity contribution in [3.63, 3.8) is 0 Å².